The summed E-state index contributed by atoms with van der Waals surface area (Å²) < 4.78 is 41.2. The molecule has 1 atom stereocenters. The summed E-state index contributed by atoms with van der Waals surface area (Å²) in [5.41, 5.74) is 4.21. The molecule has 0 bridgehead atoms. The predicted molar refractivity (Wildman–Crippen MR) is 317 cm³/mol. The van der Waals surface area contributed by atoms with Gasteiger partial charge in [-0.3, -0.25) is 33.7 Å². The molecule has 80 heavy (non-hydrogen) atoms. The number of thiocarbonyl (C=S) groups is 2. The molecule has 10 rings (SSSR count). The Kier molecular flexibility index (Phi) is 17.4. The van der Waals surface area contributed by atoms with Gasteiger partial charge >= 0.3 is 11.9 Å². The second-order valence-electron chi connectivity index (χ2n) is 23.6. The van der Waals surface area contributed by atoms with Crippen molar-refractivity contribution in [2.24, 2.45) is 0 Å². The van der Waals surface area contributed by atoms with Gasteiger partial charge in [-0.15, -0.1) is 0 Å². The molecule has 6 heterocycles. The van der Waals surface area contributed by atoms with E-state index in [0.717, 1.165) is 158 Å². The molecule has 4 saturated heterocycles. The Morgan fingerprint density at radius 3 is 1.49 bits per heavy atom. The van der Waals surface area contributed by atoms with Gasteiger partial charge in [0.05, 0.1) is 42.1 Å². The number of anilines is 3. The summed E-state index contributed by atoms with van der Waals surface area (Å²) in [4.78, 5) is 66.2. The average Bonchev–Trinajstić information content (AvgIpc) is 4.20. The summed E-state index contributed by atoms with van der Waals surface area (Å²) in [7, 11) is 0. The maximum Gasteiger partial charge on any atom is 0.338 e. The highest BCUT2D eigenvalue weighted by Gasteiger charge is 2.51. The van der Waals surface area contributed by atoms with Gasteiger partial charge in [0.15, 0.2) is 16.4 Å². The second kappa shape index (κ2) is 24.3. The van der Waals surface area contributed by atoms with E-state index < -0.39 is 11.1 Å². The Labute approximate surface area is 481 Å². The first-order valence-corrected chi connectivity index (χ1v) is 29.8. The molecule has 6 aliphatic heterocycles. The number of hydrogen-bond donors (Lipinski definition) is 0. The first kappa shape index (κ1) is 57.3. The minimum absolute atomic E-state index is 0.0400. The lowest BCUT2D eigenvalue weighted by Crippen LogP contribution is -2.74. The van der Waals surface area contributed by atoms with Crippen LogP contribution in [-0.2, 0) is 32.3 Å². The molecule has 4 aromatic carbocycles. The fourth-order valence-corrected chi connectivity index (χ4v) is 14.0. The Bertz CT molecular complexity index is 3000. The van der Waals surface area contributed by atoms with Crippen LogP contribution in [0.25, 0.3) is 0 Å². The van der Waals surface area contributed by atoms with Gasteiger partial charge in [0, 0.05) is 62.1 Å². The number of nitrogens with zero attached hydrogens (tertiary/aromatic N) is 8. The Morgan fingerprint density at radius 2 is 0.988 bits per heavy atom. The van der Waals surface area contributed by atoms with E-state index in [-0.39, 0.29) is 54.8 Å². The molecule has 4 aromatic rings. The minimum atomic E-state index is -0.780. The molecular weight excluding hydrogens is 1050 g/mol. The maximum absolute atomic E-state index is 15.3. The van der Waals surface area contributed by atoms with Crippen LogP contribution in [0.15, 0.2) is 84.9 Å². The number of hydrogen-bond acceptors (Lipinski definition) is 11. The number of piperazine rings is 2. The second-order valence-corrected chi connectivity index (χ2v) is 24.3. The molecule has 0 radical (unpaired) electrons. The van der Waals surface area contributed by atoms with Crippen molar-refractivity contribution in [3.63, 3.8) is 0 Å². The number of fused-ring (bicyclic) bond motifs is 2. The number of quaternary nitrogens is 1. The Hall–Kier alpha value is -5.92. The molecule has 1 unspecified atom stereocenters. The van der Waals surface area contributed by atoms with E-state index in [2.05, 4.69) is 20.8 Å². The van der Waals surface area contributed by atoms with Crippen LogP contribution in [0.4, 0.5) is 31.5 Å². The summed E-state index contributed by atoms with van der Waals surface area (Å²) in [6.07, 6.45) is 12.7. The van der Waals surface area contributed by atoms with Crippen molar-refractivity contribution in [3.8, 4) is 0 Å². The Balaban J connectivity index is 0.684. The molecule has 0 saturated carbocycles. The van der Waals surface area contributed by atoms with Gasteiger partial charge < -0.3 is 24.2 Å². The molecule has 2 amide bonds. The van der Waals surface area contributed by atoms with Crippen LogP contribution in [0.3, 0.4) is 0 Å². The standard InChI is InChI=1S/C62H77F2N8O6S2/c1-61(2)57(75)70(49-23-25-52-44(37-49)42-77-55(52)73)59(79)68(61)29-15-11-7-5-9-13-27-65-33-35-72(36-34-65,51-22-18-20-47(64)40-51)54-41-66(31-32-67(54)48-21-17-19-46(63)39-48)28-14-10-6-8-12-16-30-69-60(80)71(58(76)62(69,3)4)50-24-26-53-45(38-50)43-78-56(53)74/h17-26,37-40,54H,5-16,27-36,41-43H2,1-4H3/q+1. The van der Waals surface area contributed by atoms with Gasteiger partial charge in [-0.2, -0.15) is 0 Å². The van der Waals surface area contributed by atoms with Crippen molar-refractivity contribution in [2.75, 3.05) is 86.7 Å². The van der Waals surface area contributed by atoms with Crippen LogP contribution in [-0.4, -0.2) is 143 Å². The average molecular weight is 1130 g/mol. The van der Waals surface area contributed by atoms with Crippen molar-refractivity contribution >= 4 is 81.2 Å². The zero-order chi connectivity index (χ0) is 56.3. The fourth-order valence-electron chi connectivity index (χ4n) is 13.0. The van der Waals surface area contributed by atoms with E-state index in [9.17, 15) is 23.6 Å². The molecule has 426 valence electrons. The highest BCUT2D eigenvalue weighted by Crippen LogP contribution is 2.39. The topological polar surface area (TPSA) is 109 Å². The summed E-state index contributed by atoms with van der Waals surface area (Å²) >= 11 is 11.8. The largest absolute Gasteiger partial charge is 0.457 e. The number of unbranched alkanes of at least 4 members (excludes halogenated alkanes) is 10. The molecule has 4 fully saturated rings. The van der Waals surface area contributed by atoms with Crippen molar-refractivity contribution in [3.05, 3.63) is 119 Å². The summed E-state index contributed by atoms with van der Waals surface area (Å²) in [5.74, 6) is -1.33. The van der Waals surface area contributed by atoms with E-state index in [1.54, 1.807) is 52.3 Å². The number of rotatable bonds is 23. The van der Waals surface area contributed by atoms with E-state index >= 15 is 4.39 Å². The lowest BCUT2D eigenvalue weighted by Gasteiger charge is -2.55. The molecule has 0 spiro atoms. The number of esters is 2. The number of carbonyl (C=O) groups excluding carboxylic acids is 4. The van der Waals surface area contributed by atoms with Crippen LogP contribution in [0.5, 0.6) is 0 Å². The first-order valence-electron chi connectivity index (χ1n) is 29.0. The lowest BCUT2D eigenvalue weighted by atomic mass is 10.0. The van der Waals surface area contributed by atoms with Crippen LogP contribution >= 0.6 is 24.4 Å². The van der Waals surface area contributed by atoms with Crippen molar-refractivity contribution in [1.29, 1.82) is 0 Å². The number of halogens is 2. The third-order valence-electron chi connectivity index (χ3n) is 17.8. The first-order chi connectivity index (χ1) is 38.5. The molecule has 6 aliphatic rings. The third kappa shape index (κ3) is 11.6. The van der Waals surface area contributed by atoms with Crippen molar-refractivity contribution in [1.82, 2.24) is 24.1 Å². The van der Waals surface area contributed by atoms with Gasteiger partial charge in [0.25, 0.3) is 11.8 Å². The van der Waals surface area contributed by atoms with E-state index in [4.69, 9.17) is 33.9 Å². The molecular formula is C62H77F2N8O6S2+. The number of cyclic esters (lactones) is 2. The van der Waals surface area contributed by atoms with Gasteiger partial charge in [-0.25, -0.2) is 18.4 Å². The fraction of sp³-hybridized carbons (Fsp3) is 0.516. The van der Waals surface area contributed by atoms with Crippen LogP contribution in [0.1, 0.15) is 137 Å². The SMILES string of the molecule is CC1(C)C(=O)N(c2ccc3c(c2)COC3=O)C(=S)N1CCCCCCCCN1CC[N+](c2cccc(F)c2)(C2CN(CCCCCCCCN3C(=S)N(c4ccc5c(c4)COC5=O)C(=O)C3(C)C)CCN2c2cccc(F)c2)CC1. The Morgan fingerprint density at radius 1 is 0.525 bits per heavy atom. The number of ether oxygens (including phenoxy) is 2. The van der Waals surface area contributed by atoms with E-state index in [1.165, 1.54) is 12.1 Å². The normalized spacial score (nSPS) is 20.8. The van der Waals surface area contributed by atoms with E-state index in [0.29, 0.717) is 50.3 Å². The zero-order valence-electron chi connectivity index (χ0n) is 46.9. The molecule has 0 aromatic heterocycles. The number of benzene rings is 4. The smallest absolute Gasteiger partial charge is 0.338 e. The summed E-state index contributed by atoms with van der Waals surface area (Å²) in [6, 6.07) is 24.8. The van der Waals surface area contributed by atoms with Crippen molar-refractivity contribution < 1.29 is 37.4 Å². The van der Waals surface area contributed by atoms with Crippen LogP contribution < -0.4 is 19.2 Å². The molecule has 0 aliphatic carbocycles. The summed E-state index contributed by atoms with van der Waals surface area (Å²) in [6.45, 7) is 17.2. The van der Waals surface area contributed by atoms with Gasteiger partial charge in [0.1, 0.15) is 41.6 Å². The summed E-state index contributed by atoms with van der Waals surface area (Å²) in [5, 5.41) is 0.985. The molecule has 0 N–H and O–H groups in total. The molecule has 18 heteroatoms. The monoisotopic (exact) mass is 1130 g/mol. The lowest BCUT2D eigenvalue weighted by molar-refractivity contribution is -0.124. The number of amides is 2. The maximum atomic E-state index is 15.3. The quantitative estimate of drug-likeness (QED) is 0.0305. The zero-order valence-corrected chi connectivity index (χ0v) is 48.6. The van der Waals surface area contributed by atoms with Gasteiger partial charge in [-0.1, -0.05) is 63.5 Å². The van der Waals surface area contributed by atoms with Gasteiger partial charge in [-0.05, 0) is 158 Å². The van der Waals surface area contributed by atoms with Crippen molar-refractivity contribution in [2.45, 2.75) is 135 Å². The minimum Gasteiger partial charge on any atom is -0.457 e. The number of carbonyl (C=O) groups is 4. The van der Waals surface area contributed by atoms with Crippen LogP contribution in [0.2, 0.25) is 0 Å². The predicted octanol–water partition coefficient (Wildman–Crippen LogP) is 10.6. The third-order valence-corrected chi connectivity index (χ3v) is 18.6. The highest BCUT2D eigenvalue weighted by molar-refractivity contribution is 7.80. The van der Waals surface area contributed by atoms with E-state index in [1.807, 2.05) is 61.8 Å². The molecule has 14 nitrogen and oxygen atoms in total. The van der Waals surface area contributed by atoms with Crippen LogP contribution in [0, 0.1) is 11.6 Å². The highest BCUT2D eigenvalue weighted by atomic mass is 32.1. The van der Waals surface area contributed by atoms with Gasteiger partial charge in [0.2, 0.25) is 0 Å².